The van der Waals surface area contributed by atoms with E-state index in [9.17, 15) is 0 Å². The van der Waals surface area contributed by atoms with Gasteiger partial charge in [-0.2, -0.15) is 0 Å². The van der Waals surface area contributed by atoms with Gasteiger partial charge >= 0.3 is 0 Å². The zero-order chi connectivity index (χ0) is 14.8. The van der Waals surface area contributed by atoms with Crippen molar-refractivity contribution in [1.82, 2.24) is 9.97 Å². The Morgan fingerprint density at radius 3 is 2.50 bits per heavy atom. The number of hydrogen-bond acceptors (Lipinski definition) is 3. The molecule has 0 saturated heterocycles. The van der Waals surface area contributed by atoms with Crippen LogP contribution in [0.3, 0.4) is 0 Å². The summed E-state index contributed by atoms with van der Waals surface area (Å²) in [6, 6.07) is 17.0. The lowest BCUT2D eigenvalue weighted by molar-refractivity contribution is 0.886. The van der Waals surface area contributed by atoms with Gasteiger partial charge in [0.1, 0.15) is 11.4 Å². The van der Waals surface area contributed by atoms with Crippen molar-refractivity contribution in [2.75, 3.05) is 0 Å². The second kappa shape index (κ2) is 6.09. The quantitative estimate of drug-likeness (QED) is 0.611. The van der Waals surface area contributed by atoms with E-state index in [-0.39, 0.29) is 0 Å². The van der Waals surface area contributed by atoms with Crippen LogP contribution in [0, 0.1) is 0 Å². The monoisotopic (exact) mass is 306 g/mol. The fraction of sp³-hybridized carbons (Fsp3) is 0.263. The lowest BCUT2D eigenvalue weighted by Crippen LogP contribution is -1.96. The van der Waals surface area contributed by atoms with E-state index in [1.807, 2.05) is 11.8 Å². The van der Waals surface area contributed by atoms with E-state index in [4.69, 9.17) is 0 Å². The maximum atomic E-state index is 4.56. The number of nitrogens with zero attached hydrogens (tertiary/aromatic N) is 2. The average Bonchev–Trinajstić information content (AvgIpc) is 3.09. The molecule has 1 saturated carbocycles. The van der Waals surface area contributed by atoms with Crippen molar-refractivity contribution < 1.29 is 0 Å². The average molecular weight is 306 g/mol. The van der Waals surface area contributed by atoms with E-state index < -0.39 is 0 Å². The highest BCUT2D eigenvalue weighted by Gasteiger charge is 2.18. The number of rotatable bonds is 3. The van der Waals surface area contributed by atoms with Crippen molar-refractivity contribution in [1.29, 1.82) is 0 Å². The Balaban J connectivity index is 1.76. The zero-order valence-electron chi connectivity index (χ0n) is 12.4. The number of fused-ring (bicyclic) bond motifs is 1. The summed E-state index contributed by atoms with van der Waals surface area (Å²) in [5, 5.41) is 3.04. The first-order valence-corrected chi connectivity index (χ1v) is 8.75. The molecule has 0 amide bonds. The van der Waals surface area contributed by atoms with Gasteiger partial charge in [-0.25, -0.2) is 9.97 Å². The SMILES string of the molecule is c1ccc(-c2ccc3ncnc(SC4CCCC4)c3c2)cc1. The topological polar surface area (TPSA) is 25.8 Å². The minimum Gasteiger partial charge on any atom is -0.236 e. The Labute approximate surface area is 135 Å². The highest BCUT2D eigenvalue weighted by molar-refractivity contribution is 8.00. The van der Waals surface area contributed by atoms with E-state index >= 15 is 0 Å². The highest BCUT2D eigenvalue weighted by Crippen LogP contribution is 2.37. The summed E-state index contributed by atoms with van der Waals surface area (Å²) in [6.45, 7) is 0. The molecule has 1 heterocycles. The van der Waals surface area contributed by atoms with Gasteiger partial charge in [0.15, 0.2) is 0 Å². The van der Waals surface area contributed by atoms with Crippen LogP contribution in [0.15, 0.2) is 59.9 Å². The number of hydrogen-bond donors (Lipinski definition) is 0. The van der Waals surface area contributed by atoms with Crippen LogP contribution in [0.4, 0.5) is 0 Å². The van der Waals surface area contributed by atoms with Crippen molar-refractivity contribution in [3.05, 3.63) is 54.9 Å². The largest absolute Gasteiger partial charge is 0.236 e. The van der Waals surface area contributed by atoms with Crippen LogP contribution in [0.25, 0.3) is 22.0 Å². The first-order valence-electron chi connectivity index (χ1n) is 7.87. The van der Waals surface area contributed by atoms with Gasteiger partial charge < -0.3 is 0 Å². The normalized spacial score (nSPS) is 15.5. The summed E-state index contributed by atoms with van der Waals surface area (Å²) in [5.74, 6) is 0. The third kappa shape index (κ3) is 2.73. The van der Waals surface area contributed by atoms with Crippen LogP contribution in [0.5, 0.6) is 0 Å². The van der Waals surface area contributed by atoms with Crippen molar-refractivity contribution in [3.8, 4) is 11.1 Å². The lowest BCUT2D eigenvalue weighted by Gasteiger charge is -2.11. The van der Waals surface area contributed by atoms with Crippen LogP contribution < -0.4 is 0 Å². The third-order valence-corrected chi connectivity index (χ3v) is 5.64. The van der Waals surface area contributed by atoms with E-state index in [0.29, 0.717) is 0 Å². The van der Waals surface area contributed by atoms with E-state index in [1.54, 1.807) is 6.33 Å². The molecule has 0 N–H and O–H groups in total. The molecule has 0 bridgehead atoms. The molecule has 1 aromatic heterocycles. The van der Waals surface area contributed by atoms with Crippen molar-refractivity contribution in [2.45, 2.75) is 36.0 Å². The molecule has 0 aliphatic heterocycles. The van der Waals surface area contributed by atoms with Gasteiger partial charge in [-0.3, -0.25) is 0 Å². The summed E-state index contributed by atoms with van der Waals surface area (Å²) in [6.07, 6.45) is 7.04. The predicted molar refractivity (Wildman–Crippen MR) is 93.1 cm³/mol. The maximum absolute atomic E-state index is 4.56. The molecule has 1 aliphatic rings. The van der Waals surface area contributed by atoms with E-state index in [2.05, 4.69) is 58.5 Å². The van der Waals surface area contributed by atoms with Gasteiger partial charge in [0.2, 0.25) is 0 Å². The molecular weight excluding hydrogens is 288 g/mol. The summed E-state index contributed by atoms with van der Waals surface area (Å²) in [7, 11) is 0. The highest BCUT2D eigenvalue weighted by atomic mass is 32.2. The first kappa shape index (κ1) is 13.8. The van der Waals surface area contributed by atoms with Crippen LogP contribution in [-0.2, 0) is 0 Å². The molecule has 0 unspecified atom stereocenters. The fourth-order valence-corrected chi connectivity index (χ4v) is 4.38. The molecule has 3 aromatic rings. The van der Waals surface area contributed by atoms with Crippen LogP contribution in [-0.4, -0.2) is 15.2 Å². The molecule has 2 aromatic carbocycles. The van der Waals surface area contributed by atoms with Crippen LogP contribution in [0.1, 0.15) is 25.7 Å². The summed E-state index contributed by atoms with van der Waals surface area (Å²) in [4.78, 5) is 8.98. The molecule has 3 heteroatoms. The van der Waals surface area contributed by atoms with Crippen molar-refractivity contribution >= 4 is 22.7 Å². The van der Waals surface area contributed by atoms with Crippen LogP contribution in [0.2, 0.25) is 0 Å². The summed E-state index contributed by atoms with van der Waals surface area (Å²) in [5.41, 5.74) is 3.51. The smallest absolute Gasteiger partial charge is 0.117 e. The molecule has 0 radical (unpaired) electrons. The molecule has 0 atom stereocenters. The van der Waals surface area contributed by atoms with E-state index in [0.717, 1.165) is 15.8 Å². The molecule has 2 nitrogen and oxygen atoms in total. The van der Waals surface area contributed by atoms with E-state index in [1.165, 1.54) is 42.2 Å². The fourth-order valence-electron chi connectivity index (χ4n) is 3.10. The second-order valence-corrected chi connectivity index (χ2v) is 7.09. The first-order chi connectivity index (χ1) is 10.9. The Hall–Kier alpha value is -1.87. The van der Waals surface area contributed by atoms with Gasteiger partial charge in [0, 0.05) is 10.6 Å². The summed E-state index contributed by atoms with van der Waals surface area (Å²) < 4.78 is 0. The zero-order valence-corrected chi connectivity index (χ0v) is 13.2. The minimum absolute atomic E-state index is 0.721. The Kier molecular flexibility index (Phi) is 3.81. The molecule has 4 rings (SSSR count). The Morgan fingerprint density at radius 2 is 1.68 bits per heavy atom. The van der Waals surface area contributed by atoms with Crippen LogP contribution >= 0.6 is 11.8 Å². The lowest BCUT2D eigenvalue weighted by atomic mass is 10.0. The molecule has 1 aliphatic carbocycles. The predicted octanol–water partition coefficient (Wildman–Crippen LogP) is 5.33. The standard InChI is InChI=1S/C19H18N2S/c1-2-6-14(7-3-1)15-10-11-18-17(12-15)19(21-13-20-18)22-16-8-4-5-9-16/h1-3,6-7,10-13,16H,4-5,8-9H2. The van der Waals surface area contributed by atoms with Gasteiger partial charge in [-0.15, -0.1) is 11.8 Å². The second-order valence-electron chi connectivity index (χ2n) is 5.80. The summed E-state index contributed by atoms with van der Waals surface area (Å²) >= 11 is 1.93. The number of aromatic nitrogens is 2. The van der Waals surface area contributed by atoms with Crippen molar-refractivity contribution in [2.24, 2.45) is 0 Å². The van der Waals surface area contributed by atoms with Gasteiger partial charge in [0.25, 0.3) is 0 Å². The molecule has 22 heavy (non-hydrogen) atoms. The molecule has 110 valence electrons. The van der Waals surface area contributed by atoms with Crippen molar-refractivity contribution in [3.63, 3.8) is 0 Å². The maximum Gasteiger partial charge on any atom is 0.117 e. The van der Waals surface area contributed by atoms with Gasteiger partial charge in [0.05, 0.1) is 5.52 Å². The molecule has 0 spiro atoms. The van der Waals surface area contributed by atoms with Gasteiger partial charge in [-0.05, 0) is 36.1 Å². The third-order valence-electron chi connectivity index (χ3n) is 4.29. The Morgan fingerprint density at radius 1 is 0.864 bits per heavy atom. The molecule has 1 fully saturated rings. The number of thioether (sulfide) groups is 1. The Bertz CT molecular complexity index is 780. The minimum atomic E-state index is 0.721. The molecular formula is C19H18N2S. The van der Waals surface area contributed by atoms with Gasteiger partial charge in [-0.1, -0.05) is 49.2 Å². The number of benzene rings is 2.